The average Bonchev–Trinajstić information content (AvgIpc) is 3.03. The maximum absolute atomic E-state index is 12.3. The Bertz CT molecular complexity index is 900. The van der Waals surface area contributed by atoms with Gasteiger partial charge < -0.3 is 0 Å². The van der Waals surface area contributed by atoms with Crippen molar-refractivity contribution >= 4 is 0 Å². The van der Waals surface area contributed by atoms with Crippen molar-refractivity contribution in [3.63, 3.8) is 0 Å². The van der Waals surface area contributed by atoms with Crippen LogP contribution in [0.1, 0.15) is 35.3 Å². The van der Waals surface area contributed by atoms with Gasteiger partial charge in [0.25, 0.3) is 0 Å². The van der Waals surface area contributed by atoms with Gasteiger partial charge in [0.15, 0.2) is 5.82 Å². The summed E-state index contributed by atoms with van der Waals surface area (Å²) >= 11 is 0. The van der Waals surface area contributed by atoms with Gasteiger partial charge in [-0.2, -0.15) is 10.2 Å². The number of hydrogen-bond donors (Lipinski definition) is 1. The van der Waals surface area contributed by atoms with Crippen molar-refractivity contribution in [1.82, 2.24) is 24.5 Å². The summed E-state index contributed by atoms with van der Waals surface area (Å²) in [4.78, 5) is 12.3. The molecule has 6 heteroatoms. The van der Waals surface area contributed by atoms with Crippen molar-refractivity contribution in [3.8, 4) is 5.69 Å². The molecule has 0 aliphatic rings. The third-order valence-electron chi connectivity index (χ3n) is 4.39. The zero-order valence-electron chi connectivity index (χ0n) is 13.9. The van der Waals surface area contributed by atoms with E-state index >= 15 is 0 Å². The fourth-order valence-electron chi connectivity index (χ4n) is 2.79. The van der Waals surface area contributed by atoms with Gasteiger partial charge in [-0.25, -0.2) is 14.5 Å². The normalized spacial score (nSPS) is 11.1. The van der Waals surface area contributed by atoms with Gasteiger partial charge in [-0.15, -0.1) is 0 Å². The number of aromatic amines is 1. The largest absolute Gasteiger partial charge is 0.348 e. The topological polar surface area (TPSA) is 68.5 Å². The van der Waals surface area contributed by atoms with Crippen LogP contribution in [0.25, 0.3) is 5.69 Å². The highest BCUT2D eigenvalue weighted by Gasteiger charge is 2.15. The van der Waals surface area contributed by atoms with E-state index < -0.39 is 0 Å². The molecule has 120 valence electrons. The van der Waals surface area contributed by atoms with E-state index in [0.717, 1.165) is 29.1 Å². The van der Waals surface area contributed by atoms with Crippen LogP contribution in [-0.2, 0) is 13.0 Å². The van der Waals surface area contributed by atoms with Gasteiger partial charge in [-0.1, -0.05) is 25.1 Å². The highest BCUT2D eigenvalue weighted by Crippen LogP contribution is 2.16. The monoisotopic (exact) mass is 311 g/mol. The van der Waals surface area contributed by atoms with E-state index in [1.54, 1.807) is 4.57 Å². The van der Waals surface area contributed by atoms with E-state index in [1.807, 2.05) is 42.8 Å². The third kappa shape index (κ3) is 2.60. The molecule has 23 heavy (non-hydrogen) atoms. The molecule has 0 saturated carbocycles. The maximum Gasteiger partial charge on any atom is 0.348 e. The van der Waals surface area contributed by atoms with Crippen molar-refractivity contribution in [2.45, 2.75) is 40.7 Å². The SMILES string of the molecule is CCc1ccccc1-n1c(Cn2nc(C)c(C)c2C)n[nH]c1=O. The molecule has 2 heterocycles. The van der Waals surface area contributed by atoms with Gasteiger partial charge in [-0.3, -0.25) is 4.68 Å². The molecule has 0 atom stereocenters. The zero-order chi connectivity index (χ0) is 16.6. The lowest BCUT2D eigenvalue weighted by Gasteiger charge is -2.11. The van der Waals surface area contributed by atoms with Crippen LogP contribution in [-0.4, -0.2) is 24.5 Å². The molecular weight excluding hydrogens is 290 g/mol. The molecule has 0 aliphatic carbocycles. The van der Waals surface area contributed by atoms with Gasteiger partial charge in [0, 0.05) is 5.69 Å². The van der Waals surface area contributed by atoms with Crippen molar-refractivity contribution in [2.24, 2.45) is 0 Å². The second kappa shape index (κ2) is 5.87. The summed E-state index contributed by atoms with van der Waals surface area (Å²) in [6.45, 7) is 8.61. The summed E-state index contributed by atoms with van der Waals surface area (Å²) in [6.07, 6.45) is 0.853. The summed E-state index contributed by atoms with van der Waals surface area (Å²) < 4.78 is 3.54. The molecule has 0 spiro atoms. The van der Waals surface area contributed by atoms with Gasteiger partial charge in [0.05, 0.1) is 11.4 Å². The van der Waals surface area contributed by atoms with E-state index in [9.17, 15) is 4.79 Å². The lowest BCUT2D eigenvalue weighted by Crippen LogP contribution is -2.20. The second-order valence-corrected chi connectivity index (χ2v) is 5.72. The molecule has 1 aromatic carbocycles. The molecule has 3 aromatic rings. The highest BCUT2D eigenvalue weighted by atomic mass is 16.1. The first-order valence-corrected chi connectivity index (χ1v) is 7.78. The van der Waals surface area contributed by atoms with E-state index in [2.05, 4.69) is 29.1 Å². The average molecular weight is 311 g/mol. The fourth-order valence-corrected chi connectivity index (χ4v) is 2.79. The third-order valence-corrected chi connectivity index (χ3v) is 4.39. The van der Waals surface area contributed by atoms with E-state index in [4.69, 9.17) is 0 Å². The van der Waals surface area contributed by atoms with Gasteiger partial charge in [0.2, 0.25) is 0 Å². The maximum atomic E-state index is 12.3. The number of H-pyrrole nitrogens is 1. The Morgan fingerprint density at radius 3 is 2.57 bits per heavy atom. The predicted molar refractivity (Wildman–Crippen MR) is 89.1 cm³/mol. The minimum atomic E-state index is -0.223. The molecule has 0 amide bonds. The molecule has 0 radical (unpaired) electrons. The Balaban J connectivity index is 2.09. The number of nitrogens with zero attached hydrogens (tertiary/aromatic N) is 4. The first kappa shape index (κ1) is 15.3. The highest BCUT2D eigenvalue weighted by molar-refractivity contribution is 5.41. The van der Waals surface area contributed by atoms with Crippen molar-refractivity contribution in [2.75, 3.05) is 0 Å². The zero-order valence-corrected chi connectivity index (χ0v) is 13.9. The van der Waals surface area contributed by atoms with Crippen LogP contribution in [0.4, 0.5) is 0 Å². The summed E-state index contributed by atoms with van der Waals surface area (Å²) in [5.74, 6) is 0.654. The Hall–Kier alpha value is -2.63. The number of para-hydroxylation sites is 1. The van der Waals surface area contributed by atoms with Gasteiger partial charge >= 0.3 is 5.69 Å². The van der Waals surface area contributed by atoms with Crippen molar-refractivity contribution < 1.29 is 0 Å². The summed E-state index contributed by atoms with van der Waals surface area (Å²) in [7, 11) is 0. The van der Waals surface area contributed by atoms with Crippen LogP contribution in [0.2, 0.25) is 0 Å². The number of aryl methyl sites for hydroxylation is 2. The number of hydrogen-bond acceptors (Lipinski definition) is 3. The molecule has 0 fully saturated rings. The molecule has 2 aromatic heterocycles. The second-order valence-electron chi connectivity index (χ2n) is 5.72. The molecule has 0 aliphatic heterocycles. The Labute approximate surface area is 134 Å². The minimum absolute atomic E-state index is 0.223. The Kier molecular flexibility index (Phi) is 3.90. The number of aromatic nitrogens is 5. The van der Waals surface area contributed by atoms with Crippen molar-refractivity contribution in [1.29, 1.82) is 0 Å². The van der Waals surface area contributed by atoms with Crippen LogP contribution in [0, 0.1) is 20.8 Å². The molecule has 1 N–H and O–H groups in total. The molecule has 0 saturated heterocycles. The van der Waals surface area contributed by atoms with Gasteiger partial charge in [0.1, 0.15) is 6.54 Å². The van der Waals surface area contributed by atoms with E-state index in [1.165, 1.54) is 5.56 Å². The predicted octanol–water partition coefficient (Wildman–Crippen LogP) is 2.29. The van der Waals surface area contributed by atoms with E-state index in [-0.39, 0.29) is 5.69 Å². The standard InChI is InChI=1S/C17H21N5O/c1-5-14-8-6-7-9-15(14)22-16(18-19-17(22)23)10-21-13(4)11(2)12(3)20-21/h6-9H,5,10H2,1-4H3,(H,19,23). The molecule has 0 unspecified atom stereocenters. The van der Waals surface area contributed by atoms with Crippen LogP contribution in [0.15, 0.2) is 29.1 Å². The number of nitrogens with one attached hydrogen (secondary N) is 1. The fraction of sp³-hybridized carbons (Fsp3) is 0.353. The van der Waals surface area contributed by atoms with Crippen LogP contribution >= 0.6 is 0 Å². The van der Waals surface area contributed by atoms with Crippen LogP contribution in [0.3, 0.4) is 0 Å². The van der Waals surface area contributed by atoms with E-state index in [0.29, 0.717) is 12.4 Å². The van der Waals surface area contributed by atoms with Crippen LogP contribution in [0.5, 0.6) is 0 Å². The first-order chi connectivity index (χ1) is 11.0. The van der Waals surface area contributed by atoms with Crippen molar-refractivity contribution in [3.05, 3.63) is 63.1 Å². The molecule has 3 rings (SSSR count). The number of rotatable bonds is 4. The lowest BCUT2D eigenvalue weighted by molar-refractivity contribution is 0.620. The first-order valence-electron chi connectivity index (χ1n) is 7.78. The molecular formula is C17H21N5O. The summed E-state index contributed by atoms with van der Waals surface area (Å²) in [5.41, 5.74) is 5.03. The Morgan fingerprint density at radius 2 is 1.91 bits per heavy atom. The minimum Gasteiger partial charge on any atom is -0.262 e. The lowest BCUT2D eigenvalue weighted by atomic mass is 10.1. The smallest absolute Gasteiger partial charge is 0.262 e. The van der Waals surface area contributed by atoms with Gasteiger partial charge in [-0.05, 0) is 44.4 Å². The number of benzene rings is 1. The Morgan fingerprint density at radius 1 is 1.17 bits per heavy atom. The summed E-state index contributed by atoms with van der Waals surface area (Å²) in [6, 6.07) is 7.90. The summed E-state index contributed by atoms with van der Waals surface area (Å²) in [5, 5.41) is 11.3. The molecule has 6 nitrogen and oxygen atoms in total. The quantitative estimate of drug-likeness (QED) is 0.804. The van der Waals surface area contributed by atoms with Crippen LogP contribution < -0.4 is 5.69 Å². The molecule has 0 bridgehead atoms.